The SMILES string of the molecule is O=C1C(Cc2ccco2)Nc2c(/C=C/c3ccccc3)nc(-c3ccccc3)c[n+]21. The number of furan rings is 1. The summed E-state index contributed by atoms with van der Waals surface area (Å²) in [7, 11) is 0. The molecular weight excluding hydrogens is 374 g/mol. The van der Waals surface area contributed by atoms with Crippen molar-refractivity contribution in [2.24, 2.45) is 0 Å². The van der Waals surface area contributed by atoms with Gasteiger partial charge in [0.15, 0.2) is 5.69 Å². The number of hydrogen-bond donors (Lipinski definition) is 1. The smallest absolute Gasteiger partial charge is 0.359 e. The lowest BCUT2D eigenvalue weighted by molar-refractivity contribution is -0.552. The van der Waals surface area contributed by atoms with Gasteiger partial charge in [-0.3, -0.25) is 5.32 Å². The minimum Gasteiger partial charge on any atom is -0.469 e. The Morgan fingerprint density at radius 3 is 2.47 bits per heavy atom. The Morgan fingerprint density at radius 2 is 1.73 bits per heavy atom. The number of carbonyl (C=O) groups excluding carboxylic acids is 1. The fraction of sp³-hybridized carbons (Fsp3) is 0.0800. The van der Waals surface area contributed by atoms with E-state index in [4.69, 9.17) is 9.40 Å². The van der Waals surface area contributed by atoms with Crippen LogP contribution in [0.5, 0.6) is 0 Å². The van der Waals surface area contributed by atoms with E-state index >= 15 is 0 Å². The predicted octanol–water partition coefficient (Wildman–Crippen LogP) is 4.48. The minimum atomic E-state index is -0.396. The lowest BCUT2D eigenvalue weighted by atomic mass is 10.1. The molecule has 0 saturated heterocycles. The van der Waals surface area contributed by atoms with Crippen molar-refractivity contribution in [3.63, 3.8) is 0 Å². The third-order valence-corrected chi connectivity index (χ3v) is 5.11. The molecule has 5 heteroatoms. The van der Waals surface area contributed by atoms with Gasteiger partial charge in [-0.15, -0.1) is 0 Å². The summed E-state index contributed by atoms with van der Waals surface area (Å²) >= 11 is 0. The second kappa shape index (κ2) is 7.79. The molecular formula is C25H20N3O2+. The molecule has 3 heterocycles. The molecule has 30 heavy (non-hydrogen) atoms. The fourth-order valence-corrected chi connectivity index (χ4v) is 3.61. The minimum absolute atomic E-state index is 0.0182. The Morgan fingerprint density at radius 1 is 0.967 bits per heavy atom. The summed E-state index contributed by atoms with van der Waals surface area (Å²) in [6, 6.07) is 23.2. The highest BCUT2D eigenvalue weighted by Crippen LogP contribution is 2.24. The molecule has 1 atom stereocenters. The normalized spacial score (nSPS) is 15.3. The number of aromatic nitrogens is 2. The van der Waals surface area contributed by atoms with Gasteiger partial charge in [-0.25, -0.2) is 9.78 Å². The van der Waals surface area contributed by atoms with Gasteiger partial charge in [-0.1, -0.05) is 66.7 Å². The summed E-state index contributed by atoms with van der Waals surface area (Å²) in [5.41, 5.74) is 3.50. The highest BCUT2D eigenvalue weighted by molar-refractivity contribution is 5.85. The van der Waals surface area contributed by atoms with Gasteiger partial charge in [0.1, 0.15) is 17.7 Å². The summed E-state index contributed by atoms with van der Waals surface area (Å²) in [6.45, 7) is 0. The zero-order valence-corrected chi connectivity index (χ0v) is 16.2. The summed E-state index contributed by atoms with van der Waals surface area (Å²) in [5.74, 6) is 1.45. The van der Waals surface area contributed by atoms with E-state index in [1.165, 1.54) is 0 Å². The van der Waals surface area contributed by atoms with E-state index in [9.17, 15) is 4.79 Å². The molecule has 146 valence electrons. The van der Waals surface area contributed by atoms with Crippen molar-refractivity contribution in [3.8, 4) is 11.3 Å². The van der Waals surface area contributed by atoms with E-state index in [1.54, 1.807) is 10.8 Å². The van der Waals surface area contributed by atoms with Crippen LogP contribution in [0.2, 0.25) is 0 Å². The first-order chi connectivity index (χ1) is 14.8. The average molecular weight is 394 g/mol. The van der Waals surface area contributed by atoms with E-state index in [1.807, 2.05) is 91.1 Å². The van der Waals surface area contributed by atoms with Crippen LogP contribution in [-0.2, 0) is 6.42 Å². The first kappa shape index (κ1) is 18.1. The number of fused-ring (bicyclic) bond motifs is 1. The first-order valence-corrected chi connectivity index (χ1v) is 9.86. The van der Waals surface area contributed by atoms with E-state index < -0.39 is 6.04 Å². The van der Waals surface area contributed by atoms with E-state index in [-0.39, 0.29) is 5.91 Å². The topological polar surface area (TPSA) is 59.0 Å². The van der Waals surface area contributed by atoms with Crippen molar-refractivity contribution in [2.75, 3.05) is 5.32 Å². The van der Waals surface area contributed by atoms with Crippen molar-refractivity contribution in [1.29, 1.82) is 0 Å². The molecule has 5 rings (SSSR count). The quantitative estimate of drug-likeness (QED) is 0.507. The molecule has 4 aromatic rings. The third kappa shape index (κ3) is 3.53. The van der Waals surface area contributed by atoms with Crippen LogP contribution in [0.3, 0.4) is 0 Å². The highest BCUT2D eigenvalue weighted by Gasteiger charge is 2.41. The molecule has 0 amide bonds. The van der Waals surface area contributed by atoms with E-state index in [0.29, 0.717) is 12.2 Å². The lowest BCUT2D eigenvalue weighted by Crippen LogP contribution is -2.44. The predicted molar refractivity (Wildman–Crippen MR) is 116 cm³/mol. The Balaban J connectivity index is 1.56. The number of hydrogen-bond acceptors (Lipinski definition) is 4. The second-order valence-electron chi connectivity index (χ2n) is 7.16. The highest BCUT2D eigenvalue weighted by atomic mass is 16.3. The Labute approximate surface area is 174 Å². The number of nitrogens with one attached hydrogen (secondary N) is 1. The van der Waals surface area contributed by atoms with Crippen LogP contribution in [0.4, 0.5) is 5.82 Å². The maximum atomic E-state index is 13.1. The zero-order chi connectivity index (χ0) is 20.3. The molecule has 0 aliphatic carbocycles. The van der Waals surface area contributed by atoms with E-state index in [0.717, 1.165) is 28.3 Å². The molecule has 0 saturated carbocycles. The Bertz CT molecular complexity index is 1200. The Hall–Kier alpha value is -3.99. The molecule has 2 aromatic heterocycles. The number of rotatable bonds is 5. The molecule has 1 aliphatic rings. The second-order valence-corrected chi connectivity index (χ2v) is 7.16. The zero-order valence-electron chi connectivity index (χ0n) is 16.2. The number of nitrogens with zero attached hydrogens (tertiary/aromatic N) is 2. The molecule has 0 radical (unpaired) electrons. The summed E-state index contributed by atoms with van der Waals surface area (Å²) in [4.78, 5) is 18.0. The number of carbonyl (C=O) groups is 1. The van der Waals surface area contributed by atoms with Gasteiger partial charge in [0.05, 0.1) is 12.7 Å². The van der Waals surface area contributed by atoms with E-state index in [2.05, 4.69) is 5.32 Å². The molecule has 2 aromatic carbocycles. The van der Waals surface area contributed by atoms with Crippen LogP contribution in [0.25, 0.3) is 23.4 Å². The van der Waals surface area contributed by atoms with Gasteiger partial charge in [-0.2, -0.15) is 4.57 Å². The van der Waals surface area contributed by atoms with Crippen LogP contribution in [0.1, 0.15) is 21.8 Å². The van der Waals surface area contributed by atoms with Crippen LogP contribution in [0, 0.1) is 0 Å². The number of benzene rings is 2. The number of anilines is 1. The maximum Gasteiger partial charge on any atom is 0.359 e. The monoisotopic (exact) mass is 394 g/mol. The standard InChI is InChI=1S/C25H19N3O2/c29-25-22(16-20-12-7-15-30-20)27-24-21(14-13-18-8-3-1-4-9-18)26-23(17-28(24)25)19-10-5-2-6-11-19/h1-15,17,22H,16H2/p+1/b14-13+. The molecule has 1 N–H and O–H groups in total. The molecule has 0 spiro atoms. The van der Waals surface area contributed by atoms with Crippen LogP contribution in [-0.4, -0.2) is 16.9 Å². The van der Waals surface area contributed by atoms with Crippen molar-refractivity contribution >= 4 is 23.9 Å². The van der Waals surface area contributed by atoms with Gasteiger partial charge >= 0.3 is 11.7 Å². The average Bonchev–Trinajstić information content (AvgIpc) is 3.42. The van der Waals surface area contributed by atoms with Gasteiger partial charge in [0, 0.05) is 5.56 Å². The molecule has 0 bridgehead atoms. The molecule has 0 fully saturated rings. The van der Waals surface area contributed by atoms with Gasteiger partial charge in [-0.05, 0) is 23.8 Å². The summed E-state index contributed by atoms with van der Waals surface area (Å²) in [5, 5.41) is 3.35. The van der Waals surface area contributed by atoms with Crippen LogP contribution < -0.4 is 9.88 Å². The van der Waals surface area contributed by atoms with Crippen molar-refractivity contribution in [1.82, 2.24) is 4.98 Å². The van der Waals surface area contributed by atoms with Crippen LogP contribution >= 0.6 is 0 Å². The maximum absolute atomic E-state index is 13.1. The van der Waals surface area contributed by atoms with Gasteiger partial charge in [0.2, 0.25) is 6.04 Å². The van der Waals surface area contributed by atoms with Gasteiger partial charge < -0.3 is 4.42 Å². The fourth-order valence-electron chi connectivity index (χ4n) is 3.61. The summed E-state index contributed by atoms with van der Waals surface area (Å²) in [6.07, 6.45) is 7.86. The Kier molecular flexibility index (Phi) is 4.69. The third-order valence-electron chi connectivity index (χ3n) is 5.11. The largest absolute Gasteiger partial charge is 0.469 e. The lowest BCUT2D eigenvalue weighted by Gasteiger charge is -2.04. The molecule has 1 aliphatic heterocycles. The van der Waals surface area contributed by atoms with Crippen molar-refractivity contribution < 1.29 is 13.8 Å². The first-order valence-electron chi connectivity index (χ1n) is 9.86. The van der Waals surface area contributed by atoms with Crippen molar-refractivity contribution in [2.45, 2.75) is 12.5 Å². The molecule has 5 nitrogen and oxygen atoms in total. The molecule has 1 unspecified atom stereocenters. The van der Waals surface area contributed by atoms with Gasteiger partial charge in [0.25, 0.3) is 0 Å². The van der Waals surface area contributed by atoms with Crippen molar-refractivity contribution in [3.05, 3.63) is 102 Å². The summed E-state index contributed by atoms with van der Waals surface area (Å²) < 4.78 is 7.11. The van der Waals surface area contributed by atoms with Crippen LogP contribution in [0.15, 0.2) is 89.7 Å².